The Hall–Kier alpha value is -3.36. The minimum absolute atomic E-state index is 0.0363. The number of hydrogen-bond acceptors (Lipinski definition) is 5. The van der Waals surface area contributed by atoms with Crippen LogP contribution in [0.2, 0.25) is 5.02 Å². The maximum Gasteiger partial charge on any atom is 0.254 e. The zero-order valence-corrected chi connectivity index (χ0v) is 20.8. The van der Waals surface area contributed by atoms with Crippen LogP contribution >= 0.6 is 11.6 Å². The summed E-state index contributed by atoms with van der Waals surface area (Å²) in [6, 6.07) is 20.6. The van der Waals surface area contributed by atoms with Crippen LogP contribution in [0.5, 0.6) is 0 Å². The molecule has 3 aromatic carbocycles. The molecule has 35 heavy (non-hydrogen) atoms. The molecule has 182 valence electrons. The quantitative estimate of drug-likeness (QED) is 0.540. The number of halogens is 1. The van der Waals surface area contributed by atoms with Crippen LogP contribution in [0.25, 0.3) is 0 Å². The fraction of sp³-hybridized carbons (Fsp3) is 0.231. The normalized spacial score (nSPS) is 14.0. The fourth-order valence-corrected chi connectivity index (χ4v) is 5.25. The first kappa shape index (κ1) is 24.8. The van der Waals surface area contributed by atoms with Gasteiger partial charge in [-0.05, 0) is 61.5 Å². The Morgan fingerprint density at radius 2 is 1.57 bits per heavy atom. The summed E-state index contributed by atoms with van der Waals surface area (Å²) >= 11 is 6.00. The van der Waals surface area contributed by atoms with Gasteiger partial charge in [0.1, 0.15) is 5.75 Å². The van der Waals surface area contributed by atoms with Gasteiger partial charge in [0.05, 0.1) is 4.90 Å². The van der Waals surface area contributed by atoms with E-state index in [2.05, 4.69) is 10.2 Å². The fourth-order valence-electron chi connectivity index (χ4n) is 3.93. The molecule has 1 fully saturated rings. The van der Waals surface area contributed by atoms with Gasteiger partial charge in [0, 0.05) is 48.1 Å². The zero-order valence-electron chi connectivity index (χ0n) is 19.3. The molecule has 1 aliphatic rings. The van der Waals surface area contributed by atoms with Crippen molar-refractivity contribution in [1.82, 2.24) is 4.90 Å². The standard InChI is InChI=1S/C26H26ClN3O4S/c1-19-5-11-24(12-6-19)35(33,34)18-25(31)28-22-7-9-23(10-8-22)29-13-15-30(16-14-29)26(32)20-3-2-4-21(27)17-20/h2-12,17H,13-16,18H2,1H3,(H,28,31). The summed E-state index contributed by atoms with van der Waals surface area (Å²) < 4.78 is 25.0. The van der Waals surface area contributed by atoms with Crippen LogP contribution in [-0.2, 0) is 14.6 Å². The van der Waals surface area contributed by atoms with Crippen molar-refractivity contribution >= 4 is 44.6 Å². The van der Waals surface area contributed by atoms with Gasteiger partial charge in [-0.15, -0.1) is 0 Å². The second-order valence-electron chi connectivity index (χ2n) is 8.46. The lowest BCUT2D eigenvalue weighted by atomic mass is 10.1. The predicted octanol–water partition coefficient (Wildman–Crippen LogP) is 4.02. The first-order valence-corrected chi connectivity index (χ1v) is 13.2. The minimum Gasteiger partial charge on any atom is -0.368 e. The lowest BCUT2D eigenvalue weighted by molar-refractivity contribution is -0.113. The molecule has 0 radical (unpaired) electrons. The molecule has 7 nitrogen and oxygen atoms in total. The summed E-state index contributed by atoms with van der Waals surface area (Å²) in [7, 11) is -3.72. The summed E-state index contributed by atoms with van der Waals surface area (Å²) in [5.41, 5.74) is 3.01. The molecule has 0 spiro atoms. The maximum absolute atomic E-state index is 12.7. The molecule has 9 heteroatoms. The van der Waals surface area contributed by atoms with E-state index in [9.17, 15) is 18.0 Å². The predicted molar refractivity (Wildman–Crippen MR) is 138 cm³/mol. The molecule has 2 amide bonds. The van der Waals surface area contributed by atoms with Gasteiger partial charge in [-0.25, -0.2) is 8.42 Å². The van der Waals surface area contributed by atoms with Crippen molar-refractivity contribution in [3.63, 3.8) is 0 Å². The highest BCUT2D eigenvalue weighted by atomic mass is 35.5. The highest BCUT2D eigenvalue weighted by molar-refractivity contribution is 7.92. The Labute approximate surface area is 210 Å². The first-order valence-electron chi connectivity index (χ1n) is 11.2. The van der Waals surface area contributed by atoms with Crippen molar-refractivity contribution in [3.05, 3.63) is 88.9 Å². The van der Waals surface area contributed by atoms with Gasteiger partial charge in [0.15, 0.2) is 9.84 Å². The number of hydrogen-bond donors (Lipinski definition) is 1. The zero-order chi connectivity index (χ0) is 25.0. The van der Waals surface area contributed by atoms with Gasteiger partial charge in [0.25, 0.3) is 5.91 Å². The smallest absolute Gasteiger partial charge is 0.254 e. The maximum atomic E-state index is 12.7. The molecule has 4 rings (SSSR count). The third-order valence-electron chi connectivity index (χ3n) is 5.86. The molecule has 1 saturated heterocycles. The van der Waals surface area contributed by atoms with Gasteiger partial charge >= 0.3 is 0 Å². The number of carbonyl (C=O) groups excluding carboxylic acids is 2. The Kier molecular flexibility index (Phi) is 7.42. The van der Waals surface area contributed by atoms with E-state index in [-0.39, 0.29) is 10.8 Å². The van der Waals surface area contributed by atoms with Crippen LogP contribution in [0.4, 0.5) is 11.4 Å². The Morgan fingerprint density at radius 1 is 0.914 bits per heavy atom. The van der Waals surface area contributed by atoms with Gasteiger partial charge in [-0.1, -0.05) is 35.4 Å². The number of amides is 2. The number of nitrogens with zero attached hydrogens (tertiary/aromatic N) is 2. The largest absolute Gasteiger partial charge is 0.368 e. The number of sulfone groups is 1. The van der Waals surface area contributed by atoms with Crippen molar-refractivity contribution < 1.29 is 18.0 Å². The van der Waals surface area contributed by atoms with Crippen LogP contribution in [0.15, 0.2) is 77.7 Å². The highest BCUT2D eigenvalue weighted by Crippen LogP contribution is 2.21. The number of carbonyl (C=O) groups is 2. The molecular formula is C26H26ClN3O4S. The summed E-state index contributed by atoms with van der Waals surface area (Å²) in [6.45, 7) is 4.38. The molecule has 0 bridgehead atoms. The molecule has 1 aliphatic heterocycles. The van der Waals surface area contributed by atoms with Crippen molar-refractivity contribution in [2.45, 2.75) is 11.8 Å². The molecule has 0 atom stereocenters. The molecule has 0 unspecified atom stereocenters. The summed E-state index contributed by atoms with van der Waals surface area (Å²) in [6.07, 6.45) is 0. The third-order valence-corrected chi connectivity index (χ3v) is 7.72. The number of piperazine rings is 1. The summed E-state index contributed by atoms with van der Waals surface area (Å²) in [5, 5.41) is 3.19. The molecule has 0 aliphatic carbocycles. The topological polar surface area (TPSA) is 86.8 Å². The second-order valence-corrected chi connectivity index (χ2v) is 10.9. The Morgan fingerprint density at radius 3 is 2.20 bits per heavy atom. The van der Waals surface area contributed by atoms with E-state index < -0.39 is 21.5 Å². The highest BCUT2D eigenvalue weighted by Gasteiger charge is 2.23. The Balaban J connectivity index is 1.31. The van der Waals surface area contributed by atoms with E-state index in [4.69, 9.17) is 11.6 Å². The number of nitrogens with one attached hydrogen (secondary N) is 1. The monoisotopic (exact) mass is 511 g/mol. The molecule has 0 saturated carbocycles. The SMILES string of the molecule is Cc1ccc(S(=O)(=O)CC(=O)Nc2ccc(N3CCN(C(=O)c4cccc(Cl)c4)CC3)cc2)cc1. The van der Waals surface area contributed by atoms with Gasteiger partial charge in [-0.2, -0.15) is 0 Å². The van der Waals surface area contributed by atoms with Gasteiger partial charge < -0.3 is 15.1 Å². The minimum atomic E-state index is -3.72. The average Bonchev–Trinajstić information content (AvgIpc) is 2.84. The van der Waals surface area contributed by atoms with E-state index in [0.717, 1.165) is 11.3 Å². The van der Waals surface area contributed by atoms with E-state index in [1.807, 2.05) is 24.0 Å². The lowest BCUT2D eigenvalue weighted by Crippen LogP contribution is -2.48. The number of rotatable bonds is 6. The van der Waals surface area contributed by atoms with Crippen LogP contribution < -0.4 is 10.2 Å². The van der Waals surface area contributed by atoms with E-state index >= 15 is 0 Å². The van der Waals surface area contributed by atoms with Gasteiger partial charge in [-0.3, -0.25) is 9.59 Å². The van der Waals surface area contributed by atoms with E-state index in [1.165, 1.54) is 12.1 Å². The van der Waals surface area contributed by atoms with Crippen molar-refractivity contribution in [2.75, 3.05) is 42.1 Å². The molecule has 1 N–H and O–H groups in total. The number of aryl methyl sites for hydroxylation is 1. The number of benzene rings is 3. The average molecular weight is 512 g/mol. The van der Waals surface area contributed by atoms with Crippen LogP contribution in [-0.4, -0.2) is 57.1 Å². The Bertz CT molecular complexity index is 1320. The van der Waals surface area contributed by atoms with E-state index in [0.29, 0.717) is 42.5 Å². The first-order chi connectivity index (χ1) is 16.7. The van der Waals surface area contributed by atoms with Crippen molar-refractivity contribution in [3.8, 4) is 0 Å². The van der Waals surface area contributed by atoms with Crippen LogP contribution in [0.3, 0.4) is 0 Å². The molecule has 0 aromatic heterocycles. The van der Waals surface area contributed by atoms with E-state index in [1.54, 1.807) is 48.5 Å². The second kappa shape index (κ2) is 10.5. The van der Waals surface area contributed by atoms with Crippen molar-refractivity contribution in [2.24, 2.45) is 0 Å². The summed E-state index contributed by atoms with van der Waals surface area (Å²) in [5.74, 6) is -1.25. The third kappa shape index (κ3) is 6.21. The van der Waals surface area contributed by atoms with Crippen LogP contribution in [0, 0.1) is 6.92 Å². The number of anilines is 2. The van der Waals surface area contributed by atoms with Crippen LogP contribution in [0.1, 0.15) is 15.9 Å². The lowest BCUT2D eigenvalue weighted by Gasteiger charge is -2.36. The summed E-state index contributed by atoms with van der Waals surface area (Å²) in [4.78, 5) is 29.2. The van der Waals surface area contributed by atoms with Crippen molar-refractivity contribution in [1.29, 1.82) is 0 Å². The molecule has 1 heterocycles. The molecular weight excluding hydrogens is 486 g/mol. The molecule has 3 aromatic rings. The van der Waals surface area contributed by atoms with Gasteiger partial charge in [0.2, 0.25) is 5.91 Å².